The Balaban J connectivity index is 1.43. The Hall–Kier alpha value is -3.16. The molecule has 0 aliphatic carbocycles. The third kappa shape index (κ3) is 5.10. The number of pyridine rings is 1. The summed E-state index contributed by atoms with van der Waals surface area (Å²) in [5, 5.41) is 7.28. The molecule has 0 bridgehead atoms. The molecule has 33 heavy (non-hydrogen) atoms. The first-order valence-electron chi connectivity index (χ1n) is 10.6. The van der Waals surface area contributed by atoms with Gasteiger partial charge in [-0.15, -0.1) is 23.1 Å². The number of hydrogen-bond acceptors (Lipinski definition) is 5. The number of fused-ring (bicyclic) bond motifs is 1. The van der Waals surface area contributed by atoms with Crippen LogP contribution in [0.3, 0.4) is 0 Å². The molecule has 2 aromatic heterocycles. The number of carbonyl (C=O) groups excluding carboxylic acids is 2. The lowest BCUT2D eigenvalue weighted by molar-refractivity contribution is -0.115. The maximum atomic E-state index is 12.6. The number of aryl methyl sites for hydroxylation is 3. The molecule has 4 rings (SSSR count). The number of nitrogens with two attached hydrogens (primary N) is 1. The number of anilines is 1. The van der Waals surface area contributed by atoms with Crippen LogP contribution in [0.2, 0.25) is 0 Å². The zero-order valence-electron chi connectivity index (χ0n) is 18.8. The highest BCUT2D eigenvalue weighted by Crippen LogP contribution is 2.35. The van der Waals surface area contributed by atoms with Gasteiger partial charge in [0, 0.05) is 28.5 Å². The number of para-hydroxylation sites is 1. The minimum absolute atomic E-state index is 0.156. The van der Waals surface area contributed by atoms with Gasteiger partial charge in [-0.2, -0.15) is 0 Å². The fraction of sp³-hybridized carbons (Fsp3) is 0.192. The highest BCUT2D eigenvalue weighted by molar-refractivity contribution is 7.99. The summed E-state index contributed by atoms with van der Waals surface area (Å²) < 4.78 is 0. The molecule has 0 atom stereocenters. The summed E-state index contributed by atoms with van der Waals surface area (Å²) in [5.74, 6) is -0.128. The number of nitrogens with zero attached hydrogens (tertiary/aromatic N) is 1. The number of hydrogen-bond donors (Lipinski definition) is 2. The summed E-state index contributed by atoms with van der Waals surface area (Å²) in [6, 6.07) is 16.1. The number of thiophene rings is 1. The van der Waals surface area contributed by atoms with E-state index in [0.29, 0.717) is 22.7 Å². The quantitative estimate of drug-likeness (QED) is 0.316. The van der Waals surface area contributed by atoms with Crippen LogP contribution in [-0.2, 0) is 4.79 Å². The summed E-state index contributed by atoms with van der Waals surface area (Å²) in [4.78, 5) is 29.5. The van der Waals surface area contributed by atoms with Crippen LogP contribution < -0.4 is 11.1 Å². The molecule has 7 heteroatoms. The normalized spacial score (nSPS) is 11.0. The monoisotopic (exact) mass is 475 g/mol. The van der Waals surface area contributed by atoms with Gasteiger partial charge in [0.2, 0.25) is 5.91 Å². The first kappa shape index (κ1) is 23.0. The molecule has 0 spiro atoms. The van der Waals surface area contributed by atoms with E-state index < -0.39 is 5.91 Å². The fourth-order valence-electron chi connectivity index (χ4n) is 3.68. The number of primary amides is 1. The maximum absolute atomic E-state index is 12.6. The van der Waals surface area contributed by atoms with Crippen molar-refractivity contribution in [1.82, 2.24) is 4.98 Å². The van der Waals surface area contributed by atoms with E-state index in [9.17, 15) is 9.59 Å². The molecule has 0 saturated carbocycles. The van der Waals surface area contributed by atoms with E-state index in [1.54, 1.807) is 11.8 Å². The Bertz CT molecular complexity index is 1340. The van der Waals surface area contributed by atoms with Gasteiger partial charge < -0.3 is 11.1 Å². The molecular weight excluding hydrogens is 450 g/mol. The third-order valence-electron chi connectivity index (χ3n) is 5.46. The smallest absolute Gasteiger partial charge is 0.252 e. The first-order valence-corrected chi connectivity index (χ1v) is 12.5. The predicted octanol–water partition coefficient (Wildman–Crippen LogP) is 6.11. The van der Waals surface area contributed by atoms with Crippen molar-refractivity contribution >= 4 is 50.8 Å². The van der Waals surface area contributed by atoms with Gasteiger partial charge in [-0.1, -0.05) is 48.0 Å². The van der Waals surface area contributed by atoms with Crippen molar-refractivity contribution in [1.29, 1.82) is 0 Å². The molecule has 2 amide bonds. The van der Waals surface area contributed by atoms with Gasteiger partial charge in [-0.05, 0) is 43.5 Å². The second kappa shape index (κ2) is 9.77. The second-order valence-electron chi connectivity index (χ2n) is 7.98. The third-order valence-corrected chi connectivity index (χ3v) is 7.27. The summed E-state index contributed by atoms with van der Waals surface area (Å²) in [6.45, 7) is 6.14. The lowest BCUT2D eigenvalue weighted by atomic mass is 10.0. The van der Waals surface area contributed by atoms with Crippen molar-refractivity contribution in [2.75, 3.05) is 11.1 Å². The van der Waals surface area contributed by atoms with Crippen LogP contribution in [0.1, 0.15) is 33.5 Å². The van der Waals surface area contributed by atoms with Crippen LogP contribution in [0.5, 0.6) is 0 Å². The molecule has 0 unspecified atom stereocenters. The van der Waals surface area contributed by atoms with Crippen molar-refractivity contribution < 1.29 is 9.59 Å². The van der Waals surface area contributed by atoms with Crippen LogP contribution in [0.25, 0.3) is 22.0 Å². The van der Waals surface area contributed by atoms with Crippen LogP contribution in [0.4, 0.5) is 5.00 Å². The zero-order valence-corrected chi connectivity index (χ0v) is 20.4. The van der Waals surface area contributed by atoms with Crippen molar-refractivity contribution in [2.24, 2.45) is 5.73 Å². The maximum Gasteiger partial charge on any atom is 0.252 e. The zero-order chi connectivity index (χ0) is 23.5. The lowest BCUT2D eigenvalue weighted by Crippen LogP contribution is -2.17. The molecule has 2 aromatic carbocycles. The summed E-state index contributed by atoms with van der Waals surface area (Å²) in [7, 11) is 0. The Morgan fingerprint density at radius 2 is 1.82 bits per heavy atom. The van der Waals surface area contributed by atoms with Gasteiger partial charge in [0.15, 0.2) is 0 Å². The van der Waals surface area contributed by atoms with E-state index >= 15 is 0 Å². The number of carbonyl (C=O) groups is 2. The summed E-state index contributed by atoms with van der Waals surface area (Å²) >= 11 is 2.87. The van der Waals surface area contributed by atoms with Crippen molar-refractivity contribution in [3.63, 3.8) is 0 Å². The Morgan fingerprint density at radius 1 is 1.06 bits per heavy atom. The molecule has 0 fully saturated rings. The number of benzene rings is 2. The number of thioether (sulfide) groups is 1. The minimum Gasteiger partial charge on any atom is -0.365 e. The highest BCUT2D eigenvalue weighted by Gasteiger charge is 2.19. The molecule has 0 aliphatic rings. The molecule has 2 heterocycles. The molecule has 0 aliphatic heterocycles. The van der Waals surface area contributed by atoms with Gasteiger partial charge in [0.1, 0.15) is 5.00 Å². The van der Waals surface area contributed by atoms with E-state index in [-0.39, 0.29) is 5.91 Å². The van der Waals surface area contributed by atoms with Crippen LogP contribution in [0.15, 0.2) is 58.9 Å². The molecule has 168 valence electrons. The van der Waals surface area contributed by atoms with Gasteiger partial charge >= 0.3 is 0 Å². The van der Waals surface area contributed by atoms with Gasteiger partial charge in [-0.3, -0.25) is 9.59 Å². The standard InChI is InChI=1S/C26H25N3O2S2/c1-15-7-9-18(10-8-15)20-14-33-26(23(20)25(27)31)28-21(30)11-12-32-22-13-17(3)19-6-4-5-16(2)24(19)29-22/h4-10,13-14H,11-12H2,1-3H3,(H2,27,31)(H,28,30). The number of nitrogens with one attached hydrogen (secondary N) is 1. The van der Waals surface area contributed by atoms with Gasteiger partial charge in [0.25, 0.3) is 5.91 Å². The van der Waals surface area contributed by atoms with Crippen LogP contribution in [-0.4, -0.2) is 22.6 Å². The van der Waals surface area contributed by atoms with Gasteiger partial charge in [0.05, 0.1) is 16.1 Å². The van der Waals surface area contributed by atoms with E-state index in [2.05, 4.69) is 37.4 Å². The van der Waals surface area contributed by atoms with Crippen LogP contribution in [0, 0.1) is 20.8 Å². The van der Waals surface area contributed by atoms with Crippen molar-refractivity contribution in [2.45, 2.75) is 32.2 Å². The highest BCUT2D eigenvalue weighted by atomic mass is 32.2. The average molecular weight is 476 g/mol. The Labute approximate surface area is 201 Å². The molecule has 0 saturated heterocycles. The summed E-state index contributed by atoms with van der Waals surface area (Å²) in [5.41, 5.74) is 12.1. The van der Waals surface area contributed by atoms with Gasteiger partial charge in [-0.25, -0.2) is 4.98 Å². The van der Waals surface area contributed by atoms with E-state index in [0.717, 1.165) is 38.2 Å². The average Bonchev–Trinajstić information content (AvgIpc) is 3.19. The first-order chi connectivity index (χ1) is 15.8. The van der Waals surface area contributed by atoms with E-state index in [1.165, 1.54) is 16.9 Å². The summed E-state index contributed by atoms with van der Waals surface area (Å²) in [6.07, 6.45) is 0.299. The largest absolute Gasteiger partial charge is 0.365 e. The topological polar surface area (TPSA) is 85.1 Å². The molecular formula is C26H25N3O2S2. The SMILES string of the molecule is Cc1ccc(-c2csc(NC(=O)CCSc3cc(C)c4cccc(C)c4n3)c2C(N)=O)cc1. The predicted molar refractivity (Wildman–Crippen MR) is 138 cm³/mol. The number of rotatable bonds is 7. The second-order valence-corrected chi connectivity index (χ2v) is 9.97. The Kier molecular flexibility index (Phi) is 6.81. The number of amides is 2. The molecule has 3 N–H and O–H groups in total. The van der Waals surface area contributed by atoms with Crippen molar-refractivity contribution in [3.05, 3.63) is 76.2 Å². The molecule has 5 nitrogen and oxygen atoms in total. The Morgan fingerprint density at radius 3 is 2.55 bits per heavy atom. The minimum atomic E-state index is -0.553. The molecule has 4 aromatic rings. The number of aromatic nitrogens is 1. The van der Waals surface area contributed by atoms with E-state index in [1.807, 2.05) is 42.6 Å². The lowest BCUT2D eigenvalue weighted by Gasteiger charge is -2.09. The van der Waals surface area contributed by atoms with Crippen molar-refractivity contribution in [3.8, 4) is 11.1 Å². The van der Waals surface area contributed by atoms with Crippen LogP contribution >= 0.6 is 23.1 Å². The molecule has 0 radical (unpaired) electrons. The fourth-order valence-corrected chi connectivity index (χ4v) is 5.59. The van der Waals surface area contributed by atoms with E-state index in [4.69, 9.17) is 10.7 Å².